The molecule has 14 heteroatoms. The molecular formula is C44H34Cl2F5NO6. The van der Waals surface area contributed by atoms with Crippen LogP contribution in [0.5, 0.6) is 11.5 Å². The van der Waals surface area contributed by atoms with Crippen molar-refractivity contribution in [2.45, 2.75) is 46.1 Å². The zero-order valence-corrected chi connectivity index (χ0v) is 32.4. The van der Waals surface area contributed by atoms with Gasteiger partial charge in [0.2, 0.25) is 0 Å². The maximum Gasteiger partial charge on any atom is 0.416 e. The molecule has 0 saturated heterocycles. The fraction of sp³-hybridized carbons (Fsp3) is 0.159. The number of carboxylic acid groups (broad SMARTS) is 1. The zero-order valence-electron chi connectivity index (χ0n) is 30.9. The van der Waals surface area contributed by atoms with Gasteiger partial charge in [-0.1, -0.05) is 47.5 Å². The number of benzene rings is 5. The monoisotopic (exact) mass is 837 g/mol. The van der Waals surface area contributed by atoms with E-state index in [4.69, 9.17) is 32.7 Å². The quantitative estimate of drug-likeness (QED) is 0.0919. The molecule has 0 atom stereocenters. The number of carbonyl (C=O) groups excluding carboxylic acids is 2. The first-order chi connectivity index (χ1) is 27.5. The van der Waals surface area contributed by atoms with Gasteiger partial charge in [-0.3, -0.25) is 4.79 Å². The molecule has 58 heavy (non-hydrogen) atoms. The van der Waals surface area contributed by atoms with Crippen LogP contribution in [0.15, 0.2) is 115 Å². The Morgan fingerprint density at radius 3 is 1.79 bits per heavy atom. The predicted octanol–water partition coefficient (Wildman–Crippen LogP) is 12.2. The molecule has 0 spiro atoms. The molecule has 6 aromatic rings. The maximum atomic E-state index is 13.5. The molecule has 300 valence electrons. The Kier molecular flexibility index (Phi) is 14.1. The molecule has 0 amide bonds. The average molecular weight is 839 g/mol. The lowest BCUT2D eigenvalue weighted by Gasteiger charge is -2.18. The van der Waals surface area contributed by atoms with Gasteiger partial charge in [0.05, 0.1) is 22.4 Å². The van der Waals surface area contributed by atoms with Crippen molar-refractivity contribution in [1.29, 1.82) is 0 Å². The van der Waals surface area contributed by atoms with Crippen LogP contribution in [-0.2, 0) is 24.2 Å². The Labute approximate surface area is 340 Å². The largest absolute Gasteiger partial charge is 0.488 e. The van der Waals surface area contributed by atoms with Crippen molar-refractivity contribution in [2.24, 2.45) is 0 Å². The number of hydrogen-bond donors (Lipinski definition) is 1. The summed E-state index contributed by atoms with van der Waals surface area (Å²) >= 11 is 12.2. The third-order valence-corrected chi connectivity index (χ3v) is 9.08. The number of nitrogens with zero attached hydrogens (tertiary/aromatic N) is 1. The Morgan fingerprint density at radius 2 is 1.24 bits per heavy atom. The molecule has 6 rings (SSSR count). The number of alkyl halides is 3. The van der Waals surface area contributed by atoms with Crippen LogP contribution in [-0.4, -0.2) is 27.2 Å². The van der Waals surface area contributed by atoms with Crippen molar-refractivity contribution in [3.63, 3.8) is 0 Å². The van der Waals surface area contributed by atoms with Gasteiger partial charge in [0.25, 0.3) is 0 Å². The van der Waals surface area contributed by atoms with Crippen LogP contribution in [0, 0.1) is 18.6 Å². The summed E-state index contributed by atoms with van der Waals surface area (Å²) in [7, 11) is 0. The van der Waals surface area contributed by atoms with Gasteiger partial charge >= 0.3 is 12.1 Å². The molecule has 0 unspecified atom stereocenters. The Hall–Kier alpha value is -5.98. The average Bonchev–Trinajstić information content (AvgIpc) is 3.57. The van der Waals surface area contributed by atoms with Crippen LogP contribution in [0.3, 0.4) is 0 Å². The Bertz CT molecular complexity index is 2430. The van der Waals surface area contributed by atoms with E-state index < -0.39 is 23.3 Å². The molecule has 0 fully saturated rings. The van der Waals surface area contributed by atoms with Crippen LogP contribution in [0.1, 0.15) is 62.9 Å². The number of rotatable bonds is 13. The first kappa shape index (κ1) is 43.1. The van der Waals surface area contributed by atoms with Crippen molar-refractivity contribution in [3.05, 3.63) is 170 Å². The topological polar surface area (TPSA) is 94.8 Å². The number of carboxylic acids is 1. The standard InChI is InChI=1S/C26H18ClF4NO3.C18H16ClFO3/c1-15-2-8-23(32(15)21-11-17(25(33)34)10-18(12-21)26(29,30)31)22-13-19(27)5-9-24(22)35-14-16-3-6-20(28)7-4-16;1-12(21)2-8-17(22)16-10-14(19)5-9-18(16)23-11-13-3-6-15(20)7-4-13/h2-13H,14H2,1H3,(H,33,34);3-7,9-10H,2,8,11H2,1H3. The molecule has 7 nitrogen and oxygen atoms in total. The van der Waals surface area contributed by atoms with Gasteiger partial charge in [0.15, 0.2) is 5.78 Å². The van der Waals surface area contributed by atoms with Crippen molar-refractivity contribution >= 4 is 40.7 Å². The number of ketones is 2. The SMILES string of the molecule is CC(=O)CCC(=O)c1cc(Cl)ccc1OCc1ccc(F)cc1.Cc1ccc(-c2cc(Cl)ccc2OCc2ccc(F)cc2)n1-c1cc(C(=O)O)cc(C(F)(F)F)c1. The van der Waals surface area contributed by atoms with E-state index in [0.717, 1.165) is 11.6 Å². The molecule has 0 aliphatic rings. The molecule has 0 radical (unpaired) electrons. The van der Waals surface area contributed by atoms with E-state index in [2.05, 4.69) is 0 Å². The van der Waals surface area contributed by atoms with Gasteiger partial charge in [0.1, 0.15) is 42.1 Å². The summed E-state index contributed by atoms with van der Waals surface area (Å²) in [5, 5.41) is 10.2. The lowest BCUT2D eigenvalue weighted by atomic mass is 10.0. The molecule has 0 aliphatic heterocycles. The van der Waals surface area contributed by atoms with E-state index in [-0.39, 0.29) is 54.9 Å². The van der Waals surface area contributed by atoms with Gasteiger partial charge in [0, 0.05) is 39.8 Å². The highest BCUT2D eigenvalue weighted by atomic mass is 35.5. The Morgan fingerprint density at radius 1 is 0.690 bits per heavy atom. The minimum absolute atomic E-state index is 0.0270. The number of ether oxygens (including phenoxy) is 2. The molecule has 0 saturated carbocycles. The summed E-state index contributed by atoms with van der Waals surface area (Å²) in [5.41, 5.74) is 1.81. The highest BCUT2D eigenvalue weighted by Crippen LogP contribution is 2.38. The second kappa shape index (κ2) is 19.0. The van der Waals surface area contributed by atoms with Crippen LogP contribution in [0.2, 0.25) is 10.0 Å². The lowest BCUT2D eigenvalue weighted by molar-refractivity contribution is -0.137. The molecule has 1 N–H and O–H groups in total. The van der Waals surface area contributed by atoms with E-state index in [1.54, 1.807) is 73.7 Å². The summed E-state index contributed by atoms with van der Waals surface area (Å²) in [4.78, 5) is 34.8. The fourth-order valence-electron chi connectivity index (χ4n) is 5.70. The molecule has 0 aliphatic carbocycles. The number of Topliss-reactive ketones (excluding diaryl/α,β-unsaturated/α-hetero) is 2. The Balaban J connectivity index is 0.000000242. The van der Waals surface area contributed by atoms with E-state index in [0.29, 0.717) is 55.7 Å². The van der Waals surface area contributed by atoms with Crippen molar-refractivity contribution < 1.29 is 50.9 Å². The first-order valence-corrected chi connectivity index (χ1v) is 18.2. The van der Waals surface area contributed by atoms with Crippen LogP contribution in [0.4, 0.5) is 22.0 Å². The second-order valence-electron chi connectivity index (χ2n) is 13.0. The minimum atomic E-state index is -4.74. The van der Waals surface area contributed by atoms with Gasteiger partial charge in [-0.2, -0.15) is 13.2 Å². The minimum Gasteiger partial charge on any atom is -0.488 e. The number of hydrogen-bond acceptors (Lipinski definition) is 5. The second-order valence-corrected chi connectivity index (χ2v) is 13.9. The van der Waals surface area contributed by atoms with Crippen molar-refractivity contribution in [2.75, 3.05) is 0 Å². The summed E-state index contributed by atoms with van der Waals surface area (Å²) in [5.74, 6) is -1.63. The van der Waals surface area contributed by atoms with Crippen LogP contribution < -0.4 is 9.47 Å². The zero-order chi connectivity index (χ0) is 42.1. The summed E-state index contributed by atoms with van der Waals surface area (Å²) in [6.45, 7) is 3.45. The van der Waals surface area contributed by atoms with Crippen molar-refractivity contribution in [3.8, 4) is 28.4 Å². The normalized spacial score (nSPS) is 11.1. The smallest absolute Gasteiger partial charge is 0.416 e. The predicted molar refractivity (Wildman–Crippen MR) is 210 cm³/mol. The van der Waals surface area contributed by atoms with Crippen LogP contribution >= 0.6 is 23.2 Å². The molecule has 1 aromatic heterocycles. The highest BCUT2D eigenvalue weighted by molar-refractivity contribution is 6.31. The number of carbonyl (C=O) groups is 3. The van der Waals surface area contributed by atoms with Gasteiger partial charge in [-0.05, 0) is 116 Å². The lowest BCUT2D eigenvalue weighted by Crippen LogP contribution is -2.10. The molecule has 5 aromatic carbocycles. The molecular weight excluding hydrogens is 804 g/mol. The van der Waals surface area contributed by atoms with Gasteiger partial charge < -0.3 is 23.9 Å². The summed E-state index contributed by atoms with van der Waals surface area (Å²) < 4.78 is 79.8. The van der Waals surface area contributed by atoms with E-state index in [9.17, 15) is 41.4 Å². The van der Waals surface area contributed by atoms with Crippen molar-refractivity contribution in [1.82, 2.24) is 4.57 Å². The molecule has 0 bridgehead atoms. The van der Waals surface area contributed by atoms with Crippen LogP contribution in [0.25, 0.3) is 16.9 Å². The maximum absolute atomic E-state index is 13.5. The third kappa shape index (κ3) is 11.5. The highest BCUT2D eigenvalue weighted by Gasteiger charge is 2.32. The first-order valence-electron chi connectivity index (χ1n) is 17.5. The van der Waals surface area contributed by atoms with Gasteiger partial charge in [-0.15, -0.1) is 0 Å². The third-order valence-electron chi connectivity index (χ3n) is 8.61. The van der Waals surface area contributed by atoms with Gasteiger partial charge in [-0.25, -0.2) is 13.6 Å². The number of aromatic nitrogens is 1. The summed E-state index contributed by atoms with van der Waals surface area (Å²) in [6, 6.07) is 27.4. The van der Waals surface area contributed by atoms with E-state index in [1.807, 2.05) is 0 Å². The summed E-state index contributed by atoms with van der Waals surface area (Å²) in [6.07, 6.45) is -4.44. The van der Waals surface area contributed by atoms with E-state index >= 15 is 0 Å². The number of aromatic carboxylic acids is 1. The number of aryl methyl sites for hydroxylation is 1. The van der Waals surface area contributed by atoms with E-state index in [1.165, 1.54) is 47.9 Å². The fourth-order valence-corrected chi connectivity index (χ4v) is 6.05. The molecule has 1 heterocycles. The number of halogens is 7.